The summed E-state index contributed by atoms with van der Waals surface area (Å²) in [6.45, 7) is 6.05. The van der Waals surface area contributed by atoms with Gasteiger partial charge in [-0.3, -0.25) is 0 Å². The van der Waals surface area contributed by atoms with Crippen molar-refractivity contribution in [2.24, 2.45) is 0 Å². The number of hydrogen-bond donors (Lipinski definition) is 0. The molecule has 0 radical (unpaired) electrons. The fraction of sp³-hybridized carbons (Fsp3) is 0.417. The summed E-state index contributed by atoms with van der Waals surface area (Å²) in [7, 11) is 0. The standard InChI is InChI=1S/C12H14BrClN4/c1-4-5-9-11(14)15-6-16-12(9)18-8(3)10(13)7(2)17-18/h6H,4-5H2,1-3H3. The van der Waals surface area contributed by atoms with Crippen LogP contribution >= 0.6 is 27.5 Å². The molecule has 0 unspecified atom stereocenters. The van der Waals surface area contributed by atoms with Gasteiger partial charge < -0.3 is 0 Å². The Kier molecular flexibility index (Phi) is 4.02. The Morgan fingerprint density at radius 2 is 2.06 bits per heavy atom. The highest BCUT2D eigenvalue weighted by Gasteiger charge is 2.16. The summed E-state index contributed by atoms with van der Waals surface area (Å²) in [4.78, 5) is 8.37. The summed E-state index contributed by atoms with van der Waals surface area (Å²) < 4.78 is 2.82. The second-order valence-corrected chi connectivity index (χ2v) is 5.26. The maximum Gasteiger partial charge on any atom is 0.161 e. The lowest BCUT2D eigenvalue weighted by atomic mass is 10.2. The van der Waals surface area contributed by atoms with Crippen molar-refractivity contribution in [3.05, 3.63) is 32.9 Å². The smallest absolute Gasteiger partial charge is 0.161 e. The van der Waals surface area contributed by atoms with E-state index in [1.165, 1.54) is 6.33 Å². The predicted octanol–water partition coefficient (Wildman–Crippen LogP) is 3.65. The third-order valence-corrected chi connectivity index (χ3v) is 4.25. The first-order chi connectivity index (χ1) is 8.56. The minimum atomic E-state index is 0.505. The molecule has 0 aliphatic heterocycles. The van der Waals surface area contributed by atoms with E-state index >= 15 is 0 Å². The summed E-state index contributed by atoms with van der Waals surface area (Å²) in [5.74, 6) is 0.767. The van der Waals surface area contributed by atoms with Gasteiger partial charge in [-0.25, -0.2) is 14.6 Å². The third kappa shape index (κ3) is 2.29. The topological polar surface area (TPSA) is 43.6 Å². The molecule has 0 N–H and O–H groups in total. The van der Waals surface area contributed by atoms with Gasteiger partial charge in [0.15, 0.2) is 5.82 Å². The van der Waals surface area contributed by atoms with Crippen molar-refractivity contribution < 1.29 is 0 Å². The van der Waals surface area contributed by atoms with Crippen LogP contribution in [0.4, 0.5) is 0 Å². The van der Waals surface area contributed by atoms with E-state index in [9.17, 15) is 0 Å². The van der Waals surface area contributed by atoms with Gasteiger partial charge in [0.25, 0.3) is 0 Å². The molecule has 0 saturated heterocycles. The molecule has 2 aromatic heterocycles. The second kappa shape index (κ2) is 5.36. The van der Waals surface area contributed by atoms with Gasteiger partial charge >= 0.3 is 0 Å². The number of rotatable bonds is 3. The van der Waals surface area contributed by atoms with Crippen LogP contribution in [-0.4, -0.2) is 19.7 Å². The van der Waals surface area contributed by atoms with Crippen molar-refractivity contribution in [1.82, 2.24) is 19.7 Å². The summed E-state index contributed by atoms with van der Waals surface area (Å²) in [5, 5.41) is 4.99. The van der Waals surface area contributed by atoms with Crippen molar-refractivity contribution in [3.63, 3.8) is 0 Å². The van der Waals surface area contributed by atoms with Crippen LogP contribution in [-0.2, 0) is 6.42 Å². The molecule has 2 aromatic rings. The predicted molar refractivity (Wildman–Crippen MR) is 75.3 cm³/mol. The zero-order valence-corrected chi connectivity index (χ0v) is 12.9. The van der Waals surface area contributed by atoms with Crippen LogP contribution < -0.4 is 0 Å². The van der Waals surface area contributed by atoms with Crippen molar-refractivity contribution >= 4 is 27.5 Å². The number of aryl methyl sites for hydroxylation is 1. The number of nitrogens with zero attached hydrogens (tertiary/aromatic N) is 4. The Morgan fingerprint density at radius 3 is 2.61 bits per heavy atom. The molecule has 6 heteroatoms. The van der Waals surface area contributed by atoms with Crippen molar-refractivity contribution in [2.75, 3.05) is 0 Å². The first kappa shape index (κ1) is 13.5. The van der Waals surface area contributed by atoms with Gasteiger partial charge in [0.2, 0.25) is 0 Å². The normalized spacial score (nSPS) is 10.9. The minimum Gasteiger partial charge on any atom is -0.224 e. The summed E-state index contributed by atoms with van der Waals surface area (Å²) in [5.41, 5.74) is 2.89. The van der Waals surface area contributed by atoms with Crippen LogP contribution in [0.15, 0.2) is 10.8 Å². The van der Waals surface area contributed by atoms with Gasteiger partial charge in [-0.15, -0.1) is 0 Å². The van der Waals surface area contributed by atoms with E-state index in [0.717, 1.165) is 40.1 Å². The number of hydrogen-bond acceptors (Lipinski definition) is 3. The zero-order valence-electron chi connectivity index (χ0n) is 10.5. The van der Waals surface area contributed by atoms with E-state index in [-0.39, 0.29) is 0 Å². The second-order valence-electron chi connectivity index (χ2n) is 4.11. The van der Waals surface area contributed by atoms with Crippen LogP contribution in [0.5, 0.6) is 0 Å². The lowest BCUT2D eigenvalue weighted by Crippen LogP contribution is -2.08. The average Bonchev–Trinajstić information content (AvgIpc) is 2.60. The Labute approximate surface area is 120 Å². The van der Waals surface area contributed by atoms with Gasteiger partial charge in [0.05, 0.1) is 15.9 Å². The maximum atomic E-state index is 6.15. The molecule has 0 fully saturated rings. The van der Waals surface area contributed by atoms with Crippen LogP contribution in [0.25, 0.3) is 5.82 Å². The van der Waals surface area contributed by atoms with Gasteiger partial charge in [0.1, 0.15) is 11.5 Å². The van der Waals surface area contributed by atoms with Crippen molar-refractivity contribution in [1.29, 1.82) is 0 Å². The van der Waals surface area contributed by atoms with E-state index in [0.29, 0.717) is 5.15 Å². The molecule has 0 aromatic carbocycles. The Bertz CT molecular complexity index is 580. The molecular formula is C12H14BrClN4. The number of aromatic nitrogens is 4. The van der Waals surface area contributed by atoms with Crippen molar-refractivity contribution in [2.45, 2.75) is 33.6 Å². The lowest BCUT2D eigenvalue weighted by molar-refractivity contribution is 0.771. The average molecular weight is 330 g/mol. The van der Waals surface area contributed by atoms with Crippen LogP contribution in [0.3, 0.4) is 0 Å². The van der Waals surface area contributed by atoms with E-state index < -0.39 is 0 Å². The van der Waals surface area contributed by atoms with Gasteiger partial charge in [-0.2, -0.15) is 5.10 Å². The van der Waals surface area contributed by atoms with Crippen LogP contribution in [0.1, 0.15) is 30.3 Å². The summed E-state index contributed by atoms with van der Waals surface area (Å²) in [6.07, 6.45) is 3.30. The van der Waals surface area contributed by atoms with E-state index in [1.807, 2.05) is 18.5 Å². The first-order valence-corrected chi connectivity index (χ1v) is 6.94. The number of halogens is 2. The molecule has 0 aliphatic rings. The molecule has 0 aliphatic carbocycles. The molecule has 0 bridgehead atoms. The molecule has 0 spiro atoms. The SMILES string of the molecule is CCCc1c(Cl)ncnc1-n1nc(C)c(Br)c1C. The van der Waals surface area contributed by atoms with Crippen LogP contribution in [0.2, 0.25) is 5.15 Å². The molecule has 96 valence electrons. The zero-order chi connectivity index (χ0) is 13.3. The first-order valence-electron chi connectivity index (χ1n) is 5.77. The van der Waals surface area contributed by atoms with Gasteiger partial charge in [-0.1, -0.05) is 24.9 Å². The molecular weight excluding hydrogens is 316 g/mol. The summed E-state index contributed by atoms with van der Waals surface area (Å²) in [6, 6.07) is 0. The lowest BCUT2D eigenvalue weighted by Gasteiger charge is -2.10. The van der Waals surface area contributed by atoms with E-state index in [2.05, 4.69) is 37.9 Å². The van der Waals surface area contributed by atoms with E-state index in [1.54, 1.807) is 0 Å². The minimum absolute atomic E-state index is 0.505. The van der Waals surface area contributed by atoms with Gasteiger partial charge in [-0.05, 0) is 36.2 Å². The molecule has 0 amide bonds. The maximum absolute atomic E-state index is 6.15. The Hall–Kier alpha value is -0.940. The molecule has 0 saturated carbocycles. The molecule has 2 rings (SSSR count). The molecule has 2 heterocycles. The third-order valence-electron chi connectivity index (χ3n) is 2.77. The largest absolute Gasteiger partial charge is 0.224 e. The van der Waals surface area contributed by atoms with E-state index in [4.69, 9.17) is 11.6 Å². The highest BCUT2D eigenvalue weighted by atomic mass is 79.9. The fourth-order valence-corrected chi connectivity index (χ4v) is 2.33. The molecule has 0 atom stereocenters. The van der Waals surface area contributed by atoms with Crippen LogP contribution in [0, 0.1) is 13.8 Å². The van der Waals surface area contributed by atoms with Crippen molar-refractivity contribution in [3.8, 4) is 5.82 Å². The molecule has 18 heavy (non-hydrogen) atoms. The highest BCUT2D eigenvalue weighted by Crippen LogP contribution is 2.26. The quantitative estimate of drug-likeness (QED) is 0.807. The molecule has 4 nitrogen and oxygen atoms in total. The fourth-order valence-electron chi connectivity index (χ4n) is 1.86. The van der Waals surface area contributed by atoms with Gasteiger partial charge in [0, 0.05) is 5.56 Å². The Balaban J connectivity index is 2.63. The highest BCUT2D eigenvalue weighted by molar-refractivity contribution is 9.10. The monoisotopic (exact) mass is 328 g/mol. The Morgan fingerprint density at radius 1 is 1.33 bits per heavy atom. The summed E-state index contributed by atoms with van der Waals surface area (Å²) >= 11 is 9.67.